The van der Waals surface area contributed by atoms with Crippen LogP contribution in [0.2, 0.25) is 0 Å². The van der Waals surface area contributed by atoms with Crippen LogP contribution in [0.5, 0.6) is 0 Å². The number of hydrogen-bond acceptors (Lipinski definition) is 6. The van der Waals surface area contributed by atoms with E-state index in [9.17, 15) is 9.59 Å². The van der Waals surface area contributed by atoms with E-state index in [0.29, 0.717) is 5.13 Å². The molecule has 0 aromatic carbocycles. The Kier molecular flexibility index (Phi) is 4.58. The quantitative estimate of drug-likeness (QED) is 0.680. The van der Waals surface area contributed by atoms with Gasteiger partial charge in [0.25, 0.3) is 0 Å². The molecule has 1 heterocycles. The number of carboxylic acids is 1. The summed E-state index contributed by atoms with van der Waals surface area (Å²) < 4.78 is 3.47. The van der Waals surface area contributed by atoms with E-state index in [4.69, 9.17) is 5.11 Å². The fourth-order valence-corrected chi connectivity index (χ4v) is 1.32. The van der Waals surface area contributed by atoms with Crippen molar-refractivity contribution in [3.8, 4) is 0 Å². The van der Waals surface area contributed by atoms with E-state index in [0.717, 1.165) is 11.5 Å². The molecule has 8 nitrogen and oxygen atoms in total. The predicted molar refractivity (Wildman–Crippen MR) is 56.1 cm³/mol. The molecule has 1 rings (SSSR count). The molecule has 1 unspecified atom stereocenters. The lowest BCUT2D eigenvalue weighted by Gasteiger charge is -2.09. The monoisotopic (exact) mass is 245 g/mol. The number of amides is 2. The van der Waals surface area contributed by atoms with Crippen molar-refractivity contribution in [2.45, 2.75) is 13.3 Å². The zero-order valence-electron chi connectivity index (χ0n) is 8.51. The number of nitrogens with one attached hydrogen (secondary N) is 2. The van der Waals surface area contributed by atoms with Crippen LogP contribution in [-0.2, 0) is 4.79 Å². The number of urea groups is 1. The van der Waals surface area contributed by atoms with Crippen molar-refractivity contribution >= 4 is 28.7 Å². The molecule has 0 aliphatic heterocycles. The molecular formula is C7H11N5O3S. The van der Waals surface area contributed by atoms with Gasteiger partial charge in [-0.25, -0.2) is 4.79 Å². The maximum absolute atomic E-state index is 11.2. The maximum Gasteiger partial charge on any atom is 0.321 e. The first kappa shape index (κ1) is 12.3. The highest BCUT2D eigenvalue weighted by molar-refractivity contribution is 7.09. The van der Waals surface area contributed by atoms with Crippen LogP contribution in [0.4, 0.5) is 9.93 Å². The number of aliphatic carboxylic acids is 1. The molecule has 0 fully saturated rings. The Morgan fingerprint density at radius 2 is 2.31 bits per heavy atom. The minimum absolute atomic E-state index is 0.0145. The number of carboxylic acid groups (broad SMARTS) is 1. The topological polar surface area (TPSA) is 117 Å². The molecule has 0 saturated carbocycles. The Balaban J connectivity index is 2.22. The second-order valence-electron chi connectivity index (χ2n) is 3.21. The van der Waals surface area contributed by atoms with E-state index in [1.54, 1.807) is 6.92 Å². The largest absolute Gasteiger partial charge is 0.481 e. The zero-order valence-corrected chi connectivity index (χ0v) is 9.32. The van der Waals surface area contributed by atoms with Crippen molar-refractivity contribution in [1.82, 2.24) is 20.1 Å². The number of aromatic nitrogens is 3. The normalized spacial score (nSPS) is 11.8. The van der Waals surface area contributed by atoms with Crippen LogP contribution >= 0.6 is 11.5 Å². The molecule has 0 aliphatic rings. The first-order chi connectivity index (χ1) is 7.58. The number of carbonyl (C=O) groups is 2. The Labute approximate surface area is 95.2 Å². The van der Waals surface area contributed by atoms with E-state index >= 15 is 0 Å². The number of hydrogen-bond donors (Lipinski definition) is 3. The van der Waals surface area contributed by atoms with Crippen LogP contribution in [-0.4, -0.2) is 38.5 Å². The highest BCUT2D eigenvalue weighted by Crippen LogP contribution is 2.04. The summed E-state index contributed by atoms with van der Waals surface area (Å²) >= 11 is 0.958. The molecule has 0 aliphatic carbocycles. The maximum atomic E-state index is 11.2. The van der Waals surface area contributed by atoms with Crippen molar-refractivity contribution in [1.29, 1.82) is 0 Å². The molecule has 2 amide bonds. The van der Waals surface area contributed by atoms with Gasteiger partial charge in [-0.3, -0.25) is 10.1 Å². The number of anilines is 1. The third-order valence-electron chi connectivity index (χ3n) is 1.65. The second-order valence-corrected chi connectivity index (χ2v) is 3.94. The predicted octanol–water partition coefficient (Wildman–Crippen LogP) is 0.165. The molecule has 16 heavy (non-hydrogen) atoms. The van der Waals surface area contributed by atoms with Crippen molar-refractivity contribution in [3.63, 3.8) is 0 Å². The molecular weight excluding hydrogens is 234 g/mol. The Morgan fingerprint density at radius 3 is 2.88 bits per heavy atom. The standard InChI is InChI=1S/C7H11N5O3S/c1-4(2-5(13)14)3-8-6(15)9-7-10-11-12-16-7/h4H,2-3H2,1H3,(H,13,14)(H2,8,9,10,12,15). The van der Waals surface area contributed by atoms with Gasteiger partial charge in [-0.1, -0.05) is 16.5 Å². The third-order valence-corrected chi connectivity index (χ3v) is 2.17. The minimum Gasteiger partial charge on any atom is -0.481 e. The van der Waals surface area contributed by atoms with E-state index < -0.39 is 12.0 Å². The molecule has 1 aromatic rings. The summed E-state index contributed by atoms with van der Waals surface area (Å²) in [5.74, 6) is -1.01. The van der Waals surface area contributed by atoms with Gasteiger partial charge in [0, 0.05) is 24.5 Å². The van der Waals surface area contributed by atoms with Gasteiger partial charge in [0.2, 0.25) is 5.13 Å². The van der Waals surface area contributed by atoms with Gasteiger partial charge < -0.3 is 10.4 Å². The van der Waals surface area contributed by atoms with Crippen LogP contribution < -0.4 is 10.6 Å². The third kappa shape index (κ3) is 4.64. The van der Waals surface area contributed by atoms with E-state index in [-0.39, 0.29) is 18.9 Å². The Bertz CT molecular complexity index is 355. The Morgan fingerprint density at radius 1 is 1.56 bits per heavy atom. The van der Waals surface area contributed by atoms with Gasteiger partial charge in [0.1, 0.15) is 0 Å². The van der Waals surface area contributed by atoms with Crippen LogP contribution in [0.1, 0.15) is 13.3 Å². The molecule has 0 spiro atoms. The molecule has 9 heteroatoms. The average molecular weight is 245 g/mol. The van der Waals surface area contributed by atoms with Gasteiger partial charge >= 0.3 is 12.0 Å². The number of carbonyl (C=O) groups excluding carboxylic acids is 1. The summed E-state index contributed by atoms with van der Waals surface area (Å²) in [5.41, 5.74) is 0. The minimum atomic E-state index is -0.886. The summed E-state index contributed by atoms with van der Waals surface area (Å²) in [6.45, 7) is 2.02. The highest BCUT2D eigenvalue weighted by atomic mass is 32.1. The summed E-state index contributed by atoms with van der Waals surface area (Å²) in [7, 11) is 0. The van der Waals surface area contributed by atoms with E-state index in [2.05, 4.69) is 25.4 Å². The second kappa shape index (κ2) is 5.95. The lowest BCUT2D eigenvalue weighted by Crippen LogP contribution is -2.32. The van der Waals surface area contributed by atoms with Gasteiger partial charge in [-0.2, -0.15) is 0 Å². The highest BCUT2D eigenvalue weighted by Gasteiger charge is 2.10. The van der Waals surface area contributed by atoms with Crippen molar-refractivity contribution < 1.29 is 14.7 Å². The van der Waals surface area contributed by atoms with Crippen LogP contribution in [0, 0.1) is 5.92 Å². The number of rotatable bonds is 5. The summed E-state index contributed by atoms with van der Waals surface area (Å²) in [5, 5.41) is 20.6. The van der Waals surface area contributed by atoms with Crippen LogP contribution in [0.25, 0.3) is 0 Å². The fourth-order valence-electron chi connectivity index (χ4n) is 0.960. The first-order valence-electron chi connectivity index (χ1n) is 4.49. The van der Waals surface area contributed by atoms with Crippen molar-refractivity contribution in [2.24, 2.45) is 5.92 Å². The van der Waals surface area contributed by atoms with Crippen molar-refractivity contribution in [2.75, 3.05) is 11.9 Å². The van der Waals surface area contributed by atoms with Gasteiger partial charge in [-0.05, 0) is 11.1 Å². The number of nitrogens with zero attached hydrogens (tertiary/aromatic N) is 3. The summed E-state index contributed by atoms with van der Waals surface area (Å²) in [4.78, 5) is 21.6. The van der Waals surface area contributed by atoms with Crippen molar-refractivity contribution in [3.05, 3.63) is 0 Å². The van der Waals surface area contributed by atoms with E-state index in [1.807, 2.05) is 0 Å². The van der Waals surface area contributed by atoms with Gasteiger partial charge in [0.15, 0.2) is 0 Å². The van der Waals surface area contributed by atoms with Gasteiger partial charge in [0.05, 0.1) is 0 Å². The van der Waals surface area contributed by atoms with E-state index in [1.165, 1.54) is 0 Å². The summed E-state index contributed by atoms with van der Waals surface area (Å²) in [6, 6.07) is -0.448. The molecule has 1 aromatic heterocycles. The molecule has 1 atom stereocenters. The average Bonchev–Trinajstić information content (AvgIpc) is 2.66. The van der Waals surface area contributed by atoms with Gasteiger partial charge in [-0.15, -0.1) is 0 Å². The zero-order chi connectivity index (χ0) is 12.0. The summed E-state index contributed by atoms with van der Waals surface area (Å²) in [6.07, 6.45) is 0.0145. The molecule has 0 radical (unpaired) electrons. The lowest BCUT2D eigenvalue weighted by molar-refractivity contribution is -0.137. The van der Waals surface area contributed by atoms with Crippen LogP contribution in [0.3, 0.4) is 0 Å². The molecule has 0 saturated heterocycles. The lowest BCUT2D eigenvalue weighted by atomic mass is 10.1. The smallest absolute Gasteiger partial charge is 0.321 e. The molecule has 0 bridgehead atoms. The first-order valence-corrected chi connectivity index (χ1v) is 5.27. The molecule has 3 N–H and O–H groups in total. The molecule has 88 valence electrons. The Hall–Kier alpha value is -1.77. The fraction of sp³-hybridized carbons (Fsp3) is 0.571. The van der Waals surface area contributed by atoms with Crippen LogP contribution in [0.15, 0.2) is 0 Å². The SMILES string of the molecule is CC(CNC(=O)Nc1nnns1)CC(=O)O.